The van der Waals surface area contributed by atoms with Crippen LogP contribution in [-0.2, 0) is 14.3 Å². The van der Waals surface area contributed by atoms with Gasteiger partial charge in [0.1, 0.15) is 6.10 Å². The third kappa shape index (κ3) is 2.45. The fourth-order valence-corrected chi connectivity index (χ4v) is 1.25. The van der Waals surface area contributed by atoms with Crippen molar-refractivity contribution in [2.75, 3.05) is 0 Å². The van der Waals surface area contributed by atoms with Gasteiger partial charge in [0.25, 0.3) is 0 Å². The van der Waals surface area contributed by atoms with E-state index < -0.39 is 6.10 Å². The van der Waals surface area contributed by atoms with Gasteiger partial charge in [-0.1, -0.05) is 0 Å². The smallest absolute Gasteiger partial charge is 0.303 e. The average Bonchev–Trinajstić information content (AvgIpc) is 2.31. The molecule has 0 bridgehead atoms. The lowest BCUT2D eigenvalue weighted by molar-refractivity contribution is -0.144. The number of terminal acetylenes is 1. The van der Waals surface area contributed by atoms with Crippen LogP contribution in [0.15, 0.2) is 11.6 Å². The van der Waals surface area contributed by atoms with Crippen LogP contribution in [0.25, 0.3) is 0 Å². The Morgan fingerprint density at radius 1 is 1.85 bits per heavy atom. The number of ether oxygens (including phenoxy) is 1. The van der Waals surface area contributed by atoms with Crippen molar-refractivity contribution in [2.24, 2.45) is 0 Å². The SMILES string of the molecule is C#CCC1=CC(OC(C)=O)CC1=O. The van der Waals surface area contributed by atoms with E-state index in [2.05, 4.69) is 5.92 Å². The van der Waals surface area contributed by atoms with Crippen molar-refractivity contribution >= 4 is 11.8 Å². The van der Waals surface area contributed by atoms with E-state index in [1.165, 1.54) is 6.92 Å². The van der Waals surface area contributed by atoms with Gasteiger partial charge >= 0.3 is 5.97 Å². The molecule has 1 atom stereocenters. The Labute approximate surface area is 76.8 Å². The van der Waals surface area contributed by atoms with Gasteiger partial charge in [0.2, 0.25) is 0 Å². The first-order chi connectivity index (χ1) is 6.13. The zero-order chi connectivity index (χ0) is 9.84. The monoisotopic (exact) mass is 178 g/mol. The molecule has 0 aromatic heterocycles. The van der Waals surface area contributed by atoms with E-state index in [4.69, 9.17) is 11.2 Å². The van der Waals surface area contributed by atoms with Gasteiger partial charge in [-0.05, 0) is 6.08 Å². The summed E-state index contributed by atoms with van der Waals surface area (Å²) in [5.41, 5.74) is 0.578. The first kappa shape index (κ1) is 9.53. The second-order valence-electron chi connectivity index (χ2n) is 2.85. The Balaban J connectivity index is 2.61. The zero-order valence-corrected chi connectivity index (χ0v) is 7.37. The maximum Gasteiger partial charge on any atom is 0.303 e. The van der Waals surface area contributed by atoms with E-state index >= 15 is 0 Å². The minimum atomic E-state index is -0.409. The van der Waals surface area contributed by atoms with E-state index in [1.807, 2.05) is 0 Å². The number of carbonyl (C=O) groups excluding carboxylic acids is 2. The molecule has 1 aliphatic carbocycles. The standard InChI is InChI=1S/C10H10O3/c1-3-4-8-5-9(6-10(8)12)13-7(2)11/h1,5,9H,4,6H2,2H3. The molecule has 0 heterocycles. The van der Waals surface area contributed by atoms with Crippen molar-refractivity contribution < 1.29 is 14.3 Å². The van der Waals surface area contributed by atoms with E-state index in [9.17, 15) is 9.59 Å². The van der Waals surface area contributed by atoms with Crippen LogP contribution in [0.2, 0.25) is 0 Å². The fraction of sp³-hybridized carbons (Fsp3) is 0.400. The molecule has 0 fully saturated rings. The molecule has 0 saturated heterocycles. The highest BCUT2D eigenvalue weighted by Gasteiger charge is 2.24. The van der Waals surface area contributed by atoms with E-state index in [-0.39, 0.29) is 18.2 Å². The lowest BCUT2D eigenvalue weighted by atomic mass is 10.1. The normalized spacial score (nSPS) is 20.8. The van der Waals surface area contributed by atoms with Crippen LogP contribution in [0.3, 0.4) is 0 Å². The molecule has 0 radical (unpaired) electrons. The van der Waals surface area contributed by atoms with Crippen molar-refractivity contribution in [1.82, 2.24) is 0 Å². The summed E-state index contributed by atoms with van der Waals surface area (Å²) >= 11 is 0. The second kappa shape index (κ2) is 3.90. The van der Waals surface area contributed by atoms with Crippen molar-refractivity contribution in [2.45, 2.75) is 25.9 Å². The van der Waals surface area contributed by atoms with Crippen molar-refractivity contribution in [3.8, 4) is 12.3 Å². The number of rotatable bonds is 2. The van der Waals surface area contributed by atoms with Crippen LogP contribution in [0, 0.1) is 12.3 Å². The summed E-state index contributed by atoms with van der Waals surface area (Å²) in [5, 5.41) is 0. The zero-order valence-electron chi connectivity index (χ0n) is 7.37. The Morgan fingerprint density at radius 3 is 3.08 bits per heavy atom. The number of Topliss-reactive ketones (excluding diaryl/α,β-unsaturated/α-hetero) is 1. The first-order valence-electron chi connectivity index (χ1n) is 3.98. The maximum absolute atomic E-state index is 11.2. The molecular weight excluding hydrogens is 168 g/mol. The van der Waals surface area contributed by atoms with Gasteiger partial charge in [-0.25, -0.2) is 0 Å². The molecule has 68 valence electrons. The van der Waals surface area contributed by atoms with E-state index in [0.29, 0.717) is 12.0 Å². The largest absolute Gasteiger partial charge is 0.458 e. The van der Waals surface area contributed by atoms with Gasteiger partial charge in [-0.3, -0.25) is 9.59 Å². The molecule has 0 aromatic carbocycles. The Bertz CT molecular complexity index is 307. The number of ketones is 1. The van der Waals surface area contributed by atoms with Gasteiger partial charge < -0.3 is 4.74 Å². The van der Waals surface area contributed by atoms with E-state index in [0.717, 1.165) is 0 Å². The van der Waals surface area contributed by atoms with Crippen LogP contribution in [-0.4, -0.2) is 17.9 Å². The van der Waals surface area contributed by atoms with Crippen molar-refractivity contribution in [3.05, 3.63) is 11.6 Å². The first-order valence-corrected chi connectivity index (χ1v) is 3.98. The predicted octanol–water partition coefficient (Wildman–Crippen LogP) is 0.841. The molecule has 0 saturated carbocycles. The molecule has 0 spiro atoms. The lowest BCUT2D eigenvalue weighted by Gasteiger charge is -2.05. The molecule has 3 nitrogen and oxygen atoms in total. The number of hydrogen-bond acceptors (Lipinski definition) is 3. The predicted molar refractivity (Wildman–Crippen MR) is 46.7 cm³/mol. The summed E-state index contributed by atoms with van der Waals surface area (Å²) in [5.74, 6) is 1.98. The van der Waals surface area contributed by atoms with Gasteiger partial charge in [-0.2, -0.15) is 0 Å². The summed E-state index contributed by atoms with van der Waals surface area (Å²) in [7, 11) is 0. The molecule has 0 N–H and O–H groups in total. The number of hydrogen-bond donors (Lipinski definition) is 0. The topological polar surface area (TPSA) is 43.4 Å². The van der Waals surface area contributed by atoms with Crippen LogP contribution in [0.4, 0.5) is 0 Å². The number of esters is 1. The molecule has 1 aliphatic rings. The maximum atomic E-state index is 11.2. The molecule has 3 heteroatoms. The third-order valence-corrected chi connectivity index (χ3v) is 1.74. The minimum absolute atomic E-state index is 0.0239. The quantitative estimate of drug-likeness (QED) is 0.465. The highest BCUT2D eigenvalue weighted by atomic mass is 16.5. The minimum Gasteiger partial charge on any atom is -0.458 e. The average molecular weight is 178 g/mol. The lowest BCUT2D eigenvalue weighted by Crippen LogP contribution is -2.12. The Morgan fingerprint density at radius 2 is 2.54 bits per heavy atom. The number of allylic oxidation sites excluding steroid dienone is 1. The number of carbonyl (C=O) groups is 2. The molecule has 1 rings (SSSR count). The summed E-state index contributed by atoms with van der Waals surface area (Å²) in [4.78, 5) is 21.8. The van der Waals surface area contributed by atoms with Crippen LogP contribution >= 0.6 is 0 Å². The van der Waals surface area contributed by atoms with Gasteiger partial charge in [0.15, 0.2) is 5.78 Å². The highest BCUT2D eigenvalue weighted by Crippen LogP contribution is 2.19. The summed E-state index contributed by atoms with van der Waals surface area (Å²) in [6.07, 6.45) is 6.83. The molecule has 1 unspecified atom stereocenters. The summed E-state index contributed by atoms with van der Waals surface area (Å²) in [6, 6.07) is 0. The summed E-state index contributed by atoms with van der Waals surface area (Å²) < 4.78 is 4.85. The molecular formula is C10H10O3. The van der Waals surface area contributed by atoms with Crippen LogP contribution < -0.4 is 0 Å². The van der Waals surface area contributed by atoms with Gasteiger partial charge in [0.05, 0.1) is 6.42 Å². The highest BCUT2D eigenvalue weighted by molar-refractivity contribution is 5.99. The molecule has 0 amide bonds. The Hall–Kier alpha value is -1.56. The second-order valence-corrected chi connectivity index (χ2v) is 2.85. The van der Waals surface area contributed by atoms with Crippen LogP contribution in [0.5, 0.6) is 0 Å². The molecule has 0 aromatic rings. The Kier molecular flexibility index (Phi) is 2.86. The van der Waals surface area contributed by atoms with Crippen LogP contribution in [0.1, 0.15) is 19.8 Å². The fourth-order valence-electron chi connectivity index (χ4n) is 1.25. The van der Waals surface area contributed by atoms with E-state index in [1.54, 1.807) is 6.08 Å². The summed E-state index contributed by atoms with van der Waals surface area (Å²) in [6.45, 7) is 1.32. The van der Waals surface area contributed by atoms with Crippen molar-refractivity contribution in [3.63, 3.8) is 0 Å². The third-order valence-electron chi connectivity index (χ3n) is 1.74. The molecule has 13 heavy (non-hydrogen) atoms. The van der Waals surface area contributed by atoms with Crippen molar-refractivity contribution in [1.29, 1.82) is 0 Å². The van der Waals surface area contributed by atoms with Gasteiger partial charge in [0, 0.05) is 18.9 Å². The molecule has 0 aliphatic heterocycles. The van der Waals surface area contributed by atoms with Gasteiger partial charge in [-0.15, -0.1) is 12.3 Å².